The molecule has 11 heavy (non-hydrogen) atoms. The zero-order chi connectivity index (χ0) is 8.10. The quantitative estimate of drug-likeness (QED) is 0.630. The summed E-state index contributed by atoms with van der Waals surface area (Å²) < 4.78 is 10.4. The molecule has 0 heterocycles. The van der Waals surface area contributed by atoms with Crippen molar-refractivity contribution in [1.82, 2.24) is 0 Å². The Labute approximate surface area is 70.9 Å². The van der Waals surface area contributed by atoms with Gasteiger partial charge in [-0.25, -0.2) is 0 Å². The zero-order valence-electron chi connectivity index (χ0n) is 6.49. The third-order valence-corrected chi connectivity index (χ3v) is 2.03. The maximum atomic E-state index is 10.4. The number of benzene rings is 1. The van der Waals surface area contributed by atoms with Crippen LogP contribution >= 0.6 is 0 Å². The molecule has 1 nitrogen and oxygen atoms in total. The summed E-state index contributed by atoms with van der Waals surface area (Å²) in [7, 11) is 0. The molecule has 0 saturated heterocycles. The molecule has 0 aliphatic rings. The van der Waals surface area contributed by atoms with E-state index in [1.54, 1.807) is 0 Å². The van der Waals surface area contributed by atoms with Gasteiger partial charge in [0.25, 0.3) is 0 Å². The summed E-state index contributed by atoms with van der Waals surface area (Å²) in [5, 5.41) is 0.178. The lowest BCUT2D eigenvalue weighted by Gasteiger charge is -1.94. The second-order valence-electron chi connectivity index (χ2n) is 2.60. The van der Waals surface area contributed by atoms with Gasteiger partial charge in [-0.1, -0.05) is 30.3 Å². The van der Waals surface area contributed by atoms with E-state index in [9.17, 15) is 4.21 Å². The van der Waals surface area contributed by atoms with Crippen LogP contribution in [0.5, 0.6) is 0 Å². The molecule has 0 aliphatic carbocycles. The molecule has 0 aromatic heterocycles. The van der Waals surface area contributed by atoms with E-state index >= 15 is 0 Å². The van der Waals surface area contributed by atoms with Crippen LogP contribution < -0.4 is 0 Å². The molecule has 0 aliphatic heterocycles. The van der Waals surface area contributed by atoms with Gasteiger partial charge in [0.1, 0.15) is 0 Å². The van der Waals surface area contributed by atoms with Crippen LogP contribution in [0.3, 0.4) is 0 Å². The molecular weight excluding hydrogens is 156 g/mol. The fourth-order valence-corrected chi connectivity index (χ4v) is 1.24. The fraction of sp³-hybridized carbons (Fsp3) is 0.333. The molecule has 0 saturated carbocycles. The van der Waals surface area contributed by atoms with Gasteiger partial charge in [0.2, 0.25) is 5.25 Å². The van der Waals surface area contributed by atoms with Crippen molar-refractivity contribution in [3.63, 3.8) is 0 Å². The smallest absolute Gasteiger partial charge is 0.0622 e. The molecular formula is C9H11OS+. The molecule has 0 N–H and O–H groups in total. The second kappa shape index (κ2) is 4.19. The van der Waals surface area contributed by atoms with Gasteiger partial charge in [0.15, 0.2) is 0 Å². The number of hydrogen-bond acceptors (Lipinski definition) is 1. The molecule has 0 fully saturated rings. The maximum absolute atomic E-state index is 10.4. The van der Waals surface area contributed by atoms with E-state index in [0.29, 0.717) is 11.7 Å². The van der Waals surface area contributed by atoms with E-state index in [0.717, 1.165) is 6.42 Å². The van der Waals surface area contributed by atoms with Crippen LogP contribution in [0.15, 0.2) is 30.3 Å². The van der Waals surface area contributed by atoms with Crippen molar-refractivity contribution in [3.8, 4) is 0 Å². The summed E-state index contributed by atoms with van der Waals surface area (Å²) in [6.45, 7) is 1.95. The average molecular weight is 167 g/mol. The van der Waals surface area contributed by atoms with Crippen LogP contribution in [0.1, 0.15) is 12.5 Å². The summed E-state index contributed by atoms with van der Waals surface area (Å²) in [4.78, 5) is 0. The van der Waals surface area contributed by atoms with Crippen molar-refractivity contribution in [3.05, 3.63) is 35.9 Å². The lowest BCUT2D eigenvalue weighted by Crippen LogP contribution is -2.02. The normalized spacial score (nSPS) is 12.5. The van der Waals surface area contributed by atoms with Gasteiger partial charge in [-0.3, -0.25) is 0 Å². The van der Waals surface area contributed by atoms with E-state index < -0.39 is 0 Å². The molecule has 1 unspecified atom stereocenters. The van der Waals surface area contributed by atoms with Crippen molar-refractivity contribution in [2.24, 2.45) is 0 Å². The Hall–Kier alpha value is -0.760. The Bertz CT molecular complexity index is 220. The Kier molecular flexibility index (Phi) is 3.17. The van der Waals surface area contributed by atoms with Gasteiger partial charge in [0.05, 0.1) is 0 Å². The zero-order valence-corrected chi connectivity index (χ0v) is 7.30. The van der Waals surface area contributed by atoms with E-state index in [1.807, 2.05) is 37.3 Å². The minimum atomic E-state index is 0.178. The van der Waals surface area contributed by atoms with Crippen LogP contribution in [0, 0.1) is 0 Å². The first kappa shape index (κ1) is 8.34. The van der Waals surface area contributed by atoms with Crippen LogP contribution in [-0.2, 0) is 22.3 Å². The molecule has 0 amide bonds. The highest BCUT2D eigenvalue weighted by Gasteiger charge is 2.13. The molecule has 58 valence electrons. The Balaban J connectivity index is 2.57. The summed E-state index contributed by atoms with van der Waals surface area (Å²) in [5.41, 5.74) is 1.24. The second-order valence-corrected chi connectivity index (χ2v) is 3.59. The molecule has 0 bridgehead atoms. The Morgan fingerprint density at radius 2 is 2.00 bits per heavy atom. The van der Waals surface area contributed by atoms with E-state index in [4.69, 9.17) is 0 Å². The predicted octanol–water partition coefficient (Wildman–Crippen LogP) is 2.05. The summed E-state index contributed by atoms with van der Waals surface area (Å²) in [6, 6.07) is 10.1. The van der Waals surface area contributed by atoms with Gasteiger partial charge in [-0.2, -0.15) is 0 Å². The van der Waals surface area contributed by atoms with Crippen LogP contribution in [0.2, 0.25) is 0 Å². The van der Waals surface area contributed by atoms with Gasteiger partial charge in [-0.05, 0) is 12.5 Å². The SMILES string of the molecule is CC(Cc1ccccc1)[S+]=O. The Morgan fingerprint density at radius 1 is 1.36 bits per heavy atom. The molecule has 1 rings (SSSR count). The van der Waals surface area contributed by atoms with E-state index in [2.05, 4.69) is 0 Å². The highest BCUT2D eigenvalue weighted by molar-refractivity contribution is 7.66. The average Bonchev–Trinajstić information content (AvgIpc) is 2.06. The lowest BCUT2D eigenvalue weighted by molar-refractivity contribution is 0.599. The van der Waals surface area contributed by atoms with Crippen molar-refractivity contribution in [2.75, 3.05) is 0 Å². The molecule has 0 spiro atoms. The predicted molar refractivity (Wildman–Crippen MR) is 47.7 cm³/mol. The van der Waals surface area contributed by atoms with Crippen LogP contribution in [0.4, 0.5) is 0 Å². The van der Waals surface area contributed by atoms with Crippen molar-refractivity contribution < 1.29 is 4.21 Å². The molecule has 1 atom stereocenters. The number of hydrogen-bond donors (Lipinski definition) is 0. The minimum Gasteiger partial charge on any atom is -0.0622 e. The third-order valence-electron chi connectivity index (χ3n) is 1.53. The lowest BCUT2D eigenvalue weighted by atomic mass is 10.1. The molecule has 2 heteroatoms. The van der Waals surface area contributed by atoms with Gasteiger partial charge in [-0.15, -0.1) is 0 Å². The monoisotopic (exact) mass is 167 g/mol. The molecule has 1 aromatic rings. The first-order chi connectivity index (χ1) is 5.33. The highest BCUT2D eigenvalue weighted by Crippen LogP contribution is 2.03. The topological polar surface area (TPSA) is 17.1 Å². The van der Waals surface area contributed by atoms with Gasteiger partial charge < -0.3 is 0 Å². The standard InChI is InChI=1S/C9H11OS/c1-8(11-10)7-9-5-3-2-4-6-9/h2-6,8H,7H2,1H3/q+1. The third kappa shape index (κ3) is 2.76. The van der Waals surface area contributed by atoms with Crippen molar-refractivity contribution in [2.45, 2.75) is 18.6 Å². The number of rotatable bonds is 3. The first-order valence-electron chi connectivity index (χ1n) is 3.65. The van der Waals surface area contributed by atoms with Crippen LogP contribution in [-0.4, -0.2) is 5.25 Å². The highest BCUT2D eigenvalue weighted by atomic mass is 32.1. The van der Waals surface area contributed by atoms with Gasteiger partial charge in [0, 0.05) is 10.6 Å². The van der Waals surface area contributed by atoms with E-state index in [-0.39, 0.29) is 5.25 Å². The van der Waals surface area contributed by atoms with Gasteiger partial charge >= 0.3 is 11.7 Å². The Morgan fingerprint density at radius 3 is 2.55 bits per heavy atom. The maximum Gasteiger partial charge on any atom is 0.462 e. The summed E-state index contributed by atoms with van der Waals surface area (Å²) in [6.07, 6.45) is 0.870. The molecule has 0 radical (unpaired) electrons. The summed E-state index contributed by atoms with van der Waals surface area (Å²) in [5.74, 6) is 0. The first-order valence-corrected chi connectivity index (χ1v) is 4.46. The van der Waals surface area contributed by atoms with Crippen molar-refractivity contribution >= 4 is 11.7 Å². The minimum absolute atomic E-state index is 0.178. The fourth-order valence-electron chi connectivity index (χ4n) is 0.980. The van der Waals surface area contributed by atoms with Crippen LogP contribution in [0.25, 0.3) is 0 Å². The van der Waals surface area contributed by atoms with Crippen molar-refractivity contribution in [1.29, 1.82) is 0 Å². The van der Waals surface area contributed by atoms with E-state index in [1.165, 1.54) is 5.56 Å². The summed E-state index contributed by atoms with van der Waals surface area (Å²) >= 11 is 0.670. The largest absolute Gasteiger partial charge is 0.462 e. The molecule has 1 aromatic carbocycles.